The van der Waals surface area contributed by atoms with Crippen LogP contribution in [0.15, 0.2) is 24.3 Å². The van der Waals surface area contributed by atoms with E-state index < -0.39 is 0 Å². The normalized spacial score (nSPS) is 15.5. The lowest BCUT2D eigenvalue weighted by molar-refractivity contribution is -0.134. The van der Waals surface area contributed by atoms with Crippen LogP contribution in [-0.2, 0) is 4.79 Å². The Bertz CT molecular complexity index is 413. The SMILES string of the molecule is CN(CCOc1ccc(F)cc1)C(=O)C1CCCC1. The van der Waals surface area contributed by atoms with Gasteiger partial charge in [0.1, 0.15) is 18.2 Å². The molecule has 19 heavy (non-hydrogen) atoms. The number of carbonyl (C=O) groups excluding carboxylic acids is 1. The van der Waals surface area contributed by atoms with Gasteiger partial charge in [-0.3, -0.25) is 4.79 Å². The summed E-state index contributed by atoms with van der Waals surface area (Å²) >= 11 is 0. The van der Waals surface area contributed by atoms with E-state index in [0.717, 1.165) is 25.7 Å². The minimum Gasteiger partial charge on any atom is -0.492 e. The predicted octanol–water partition coefficient (Wildman–Crippen LogP) is 2.85. The van der Waals surface area contributed by atoms with Gasteiger partial charge in [0, 0.05) is 13.0 Å². The Morgan fingerprint density at radius 2 is 1.95 bits per heavy atom. The Morgan fingerprint density at radius 3 is 2.58 bits per heavy atom. The van der Waals surface area contributed by atoms with Crippen LogP contribution in [0.1, 0.15) is 25.7 Å². The quantitative estimate of drug-likeness (QED) is 0.819. The Hall–Kier alpha value is -1.58. The Balaban J connectivity index is 1.72. The highest BCUT2D eigenvalue weighted by atomic mass is 19.1. The zero-order chi connectivity index (χ0) is 13.7. The minimum absolute atomic E-state index is 0.204. The molecular weight excluding hydrogens is 245 g/mol. The van der Waals surface area contributed by atoms with Crippen LogP contribution in [0, 0.1) is 11.7 Å². The second kappa shape index (κ2) is 6.55. The number of hydrogen-bond acceptors (Lipinski definition) is 2. The molecule has 104 valence electrons. The van der Waals surface area contributed by atoms with Gasteiger partial charge in [-0.25, -0.2) is 4.39 Å². The second-order valence-electron chi connectivity index (χ2n) is 5.04. The molecule has 0 atom stereocenters. The average Bonchev–Trinajstić information content (AvgIpc) is 2.94. The standard InChI is InChI=1S/C15H20FNO2/c1-17(15(18)12-4-2-3-5-12)10-11-19-14-8-6-13(16)7-9-14/h6-9,12H,2-5,10-11H2,1H3. The smallest absolute Gasteiger partial charge is 0.225 e. The molecule has 0 heterocycles. The summed E-state index contributed by atoms with van der Waals surface area (Å²) in [7, 11) is 1.81. The van der Waals surface area contributed by atoms with Crippen molar-refractivity contribution in [2.75, 3.05) is 20.2 Å². The summed E-state index contributed by atoms with van der Waals surface area (Å²) in [5.74, 6) is 0.778. The first-order chi connectivity index (χ1) is 9.16. The molecule has 1 aliphatic rings. The van der Waals surface area contributed by atoms with E-state index in [1.165, 1.54) is 12.1 Å². The van der Waals surface area contributed by atoms with Gasteiger partial charge in [-0.05, 0) is 37.1 Å². The number of ether oxygens (including phenoxy) is 1. The molecule has 1 amide bonds. The van der Waals surface area contributed by atoms with Gasteiger partial charge in [0.15, 0.2) is 0 Å². The number of amides is 1. The molecule has 2 rings (SSSR count). The molecule has 1 saturated carbocycles. The highest BCUT2D eigenvalue weighted by Crippen LogP contribution is 2.26. The molecule has 0 unspecified atom stereocenters. The molecule has 4 heteroatoms. The van der Waals surface area contributed by atoms with E-state index in [4.69, 9.17) is 4.74 Å². The van der Waals surface area contributed by atoms with Crippen LogP contribution < -0.4 is 4.74 Å². The lowest BCUT2D eigenvalue weighted by atomic mass is 10.1. The van der Waals surface area contributed by atoms with Gasteiger partial charge in [-0.15, -0.1) is 0 Å². The van der Waals surface area contributed by atoms with Crippen LogP contribution >= 0.6 is 0 Å². The zero-order valence-electron chi connectivity index (χ0n) is 11.3. The first-order valence-corrected chi connectivity index (χ1v) is 6.80. The van der Waals surface area contributed by atoms with Crippen molar-refractivity contribution in [3.8, 4) is 5.75 Å². The van der Waals surface area contributed by atoms with Crippen LogP contribution in [-0.4, -0.2) is 31.0 Å². The van der Waals surface area contributed by atoms with Crippen molar-refractivity contribution in [3.63, 3.8) is 0 Å². The molecule has 1 aliphatic carbocycles. The molecule has 3 nitrogen and oxygen atoms in total. The lowest BCUT2D eigenvalue weighted by Crippen LogP contribution is -2.34. The van der Waals surface area contributed by atoms with Gasteiger partial charge in [-0.1, -0.05) is 12.8 Å². The Labute approximate surface area is 113 Å². The van der Waals surface area contributed by atoms with Gasteiger partial charge in [0.05, 0.1) is 6.54 Å². The number of benzene rings is 1. The number of nitrogens with zero attached hydrogens (tertiary/aromatic N) is 1. The van der Waals surface area contributed by atoms with E-state index in [1.807, 2.05) is 7.05 Å². The van der Waals surface area contributed by atoms with Crippen molar-refractivity contribution in [2.24, 2.45) is 5.92 Å². The molecule has 0 spiro atoms. The maximum absolute atomic E-state index is 12.7. The fourth-order valence-corrected chi connectivity index (χ4v) is 2.43. The van der Waals surface area contributed by atoms with Crippen molar-refractivity contribution >= 4 is 5.91 Å². The van der Waals surface area contributed by atoms with Crippen molar-refractivity contribution in [2.45, 2.75) is 25.7 Å². The molecule has 0 saturated heterocycles. The monoisotopic (exact) mass is 265 g/mol. The van der Waals surface area contributed by atoms with E-state index in [1.54, 1.807) is 17.0 Å². The molecule has 0 aromatic heterocycles. The maximum Gasteiger partial charge on any atom is 0.225 e. The summed E-state index contributed by atoms with van der Waals surface area (Å²) in [6.45, 7) is 0.993. The number of likely N-dealkylation sites (N-methyl/N-ethyl adjacent to an activating group) is 1. The van der Waals surface area contributed by atoms with E-state index in [2.05, 4.69) is 0 Å². The van der Waals surface area contributed by atoms with Crippen molar-refractivity contribution in [3.05, 3.63) is 30.1 Å². The third-order valence-corrected chi connectivity index (χ3v) is 3.59. The molecule has 0 radical (unpaired) electrons. The molecule has 1 fully saturated rings. The largest absolute Gasteiger partial charge is 0.492 e. The van der Waals surface area contributed by atoms with Crippen LogP contribution in [0.25, 0.3) is 0 Å². The van der Waals surface area contributed by atoms with Crippen LogP contribution in [0.4, 0.5) is 4.39 Å². The molecule has 0 aliphatic heterocycles. The fraction of sp³-hybridized carbons (Fsp3) is 0.533. The van der Waals surface area contributed by atoms with Gasteiger partial charge in [0.2, 0.25) is 5.91 Å². The van der Waals surface area contributed by atoms with Crippen molar-refractivity contribution < 1.29 is 13.9 Å². The van der Waals surface area contributed by atoms with E-state index >= 15 is 0 Å². The summed E-state index contributed by atoms with van der Waals surface area (Å²) in [6, 6.07) is 5.91. The predicted molar refractivity (Wildman–Crippen MR) is 71.5 cm³/mol. The van der Waals surface area contributed by atoms with Gasteiger partial charge in [-0.2, -0.15) is 0 Å². The number of halogens is 1. The highest BCUT2D eigenvalue weighted by molar-refractivity contribution is 5.78. The zero-order valence-corrected chi connectivity index (χ0v) is 11.3. The van der Waals surface area contributed by atoms with Crippen molar-refractivity contribution in [1.82, 2.24) is 4.90 Å². The lowest BCUT2D eigenvalue weighted by Gasteiger charge is -2.21. The Kier molecular flexibility index (Phi) is 4.77. The van der Waals surface area contributed by atoms with E-state index in [-0.39, 0.29) is 17.6 Å². The van der Waals surface area contributed by atoms with Crippen LogP contribution in [0.2, 0.25) is 0 Å². The summed E-state index contributed by atoms with van der Waals surface area (Å²) in [5.41, 5.74) is 0. The molecular formula is C15H20FNO2. The third-order valence-electron chi connectivity index (χ3n) is 3.59. The van der Waals surface area contributed by atoms with Gasteiger partial charge < -0.3 is 9.64 Å². The minimum atomic E-state index is -0.277. The first kappa shape index (κ1) is 13.8. The van der Waals surface area contributed by atoms with Crippen LogP contribution in [0.5, 0.6) is 5.75 Å². The van der Waals surface area contributed by atoms with Crippen molar-refractivity contribution in [1.29, 1.82) is 0 Å². The summed E-state index contributed by atoms with van der Waals surface area (Å²) < 4.78 is 18.2. The topological polar surface area (TPSA) is 29.5 Å². The second-order valence-corrected chi connectivity index (χ2v) is 5.04. The Morgan fingerprint density at radius 1 is 1.32 bits per heavy atom. The molecule has 0 bridgehead atoms. The van der Waals surface area contributed by atoms with Gasteiger partial charge in [0.25, 0.3) is 0 Å². The fourth-order valence-electron chi connectivity index (χ4n) is 2.43. The van der Waals surface area contributed by atoms with E-state index in [9.17, 15) is 9.18 Å². The van der Waals surface area contributed by atoms with Crippen LogP contribution in [0.3, 0.4) is 0 Å². The summed E-state index contributed by atoms with van der Waals surface area (Å²) in [5, 5.41) is 0. The maximum atomic E-state index is 12.7. The summed E-state index contributed by atoms with van der Waals surface area (Å²) in [6.07, 6.45) is 4.36. The molecule has 0 N–H and O–H groups in total. The summed E-state index contributed by atoms with van der Waals surface area (Å²) in [4.78, 5) is 13.8. The third kappa shape index (κ3) is 3.94. The number of rotatable bonds is 5. The van der Waals surface area contributed by atoms with Gasteiger partial charge >= 0.3 is 0 Å². The van der Waals surface area contributed by atoms with E-state index in [0.29, 0.717) is 18.9 Å². The number of carbonyl (C=O) groups is 1. The average molecular weight is 265 g/mol. The highest BCUT2D eigenvalue weighted by Gasteiger charge is 2.25. The number of hydrogen-bond donors (Lipinski definition) is 0. The first-order valence-electron chi connectivity index (χ1n) is 6.80. The molecule has 1 aromatic rings. The molecule has 1 aromatic carbocycles.